The van der Waals surface area contributed by atoms with Crippen molar-refractivity contribution < 1.29 is 9.53 Å². The van der Waals surface area contributed by atoms with Crippen molar-refractivity contribution in [3.63, 3.8) is 0 Å². The Morgan fingerprint density at radius 2 is 2.10 bits per heavy atom. The molecule has 0 saturated heterocycles. The minimum absolute atomic E-state index is 0.169. The first kappa shape index (κ1) is 16.3. The summed E-state index contributed by atoms with van der Waals surface area (Å²) in [6.07, 6.45) is 0. The van der Waals surface area contributed by atoms with Gasteiger partial charge in [0.1, 0.15) is 5.60 Å². The lowest BCUT2D eigenvalue weighted by Crippen LogP contribution is -2.39. The summed E-state index contributed by atoms with van der Waals surface area (Å²) in [4.78, 5) is 12.7. The largest absolute Gasteiger partial charge is 0.372 e. The number of rotatable bonds is 5. The Kier molecular flexibility index (Phi) is 5.27. The van der Waals surface area contributed by atoms with Crippen LogP contribution in [0.3, 0.4) is 0 Å². The van der Waals surface area contributed by atoms with E-state index in [9.17, 15) is 4.79 Å². The highest BCUT2D eigenvalue weighted by atomic mass is 35.5. The number of ether oxygens (including phenoxy) is 1. The van der Waals surface area contributed by atoms with Crippen molar-refractivity contribution in [2.75, 3.05) is 13.7 Å². The van der Waals surface area contributed by atoms with Crippen molar-refractivity contribution in [1.82, 2.24) is 5.32 Å². The molecule has 0 unspecified atom stereocenters. The normalized spacial score (nSPS) is 13.7. The molecular formula is C15H15Cl2NO2S. The van der Waals surface area contributed by atoms with E-state index >= 15 is 0 Å². The second-order valence-corrected chi connectivity index (χ2v) is 6.88. The van der Waals surface area contributed by atoms with E-state index in [0.29, 0.717) is 20.8 Å². The number of carbonyl (C=O) groups is 1. The topological polar surface area (TPSA) is 38.3 Å². The number of halogens is 2. The van der Waals surface area contributed by atoms with Crippen LogP contribution in [0.1, 0.15) is 22.2 Å². The molecule has 0 fully saturated rings. The highest BCUT2D eigenvalue weighted by Crippen LogP contribution is 2.27. The van der Waals surface area contributed by atoms with E-state index < -0.39 is 5.60 Å². The first-order chi connectivity index (χ1) is 9.94. The van der Waals surface area contributed by atoms with Gasteiger partial charge in [-0.3, -0.25) is 4.79 Å². The van der Waals surface area contributed by atoms with Crippen LogP contribution in [-0.2, 0) is 10.3 Å². The number of nitrogens with one attached hydrogen (secondary N) is 1. The Morgan fingerprint density at radius 1 is 1.33 bits per heavy atom. The number of hydrogen-bond acceptors (Lipinski definition) is 3. The Hall–Kier alpha value is -1.07. The second-order valence-electron chi connectivity index (χ2n) is 4.73. The Morgan fingerprint density at radius 3 is 2.67 bits per heavy atom. The van der Waals surface area contributed by atoms with Gasteiger partial charge in [-0.2, -0.15) is 0 Å². The van der Waals surface area contributed by atoms with E-state index in [4.69, 9.17) is 27.9 Å². The van der Waals surface area contributed by atoms with Gasteiger partial charge in [0.25, 0.3) is 5.91 Å². The van der Waals surface area contributed by atoms with Gasteiger partial charge in [0.05, 0.1) is 15.8 Å². The standard InChI is InChI=1S/C15H15Cl2NO2S/c1-15(20-2,10-4-3-5-11(16)8-10)9-18-14(19)12-6-7-13(17)21-12/h3-8H,9H2,1-2H3,(H,18,19)/t15-/m0/s1. The Balaban J connectivity index is 2.10. The number of methoxy groups -OCH3 is 1. The molecular weight excluding hydrogens is 329 g/mol. The van der Waals surface area contributed by atoms with E-state index in [1.165, 1.54) is 11.3 Å². The lowest BCUT2D eigenvalue weighted by molar-refractivity contribution is 0.00319. The predicted molar refractivity (Wildman–Crippen MR) is 87.5 cm³/mol. The average Bonchev–Trinajstić information content (AvgIpc) is 2.91. The molecule has 2 aromatic rings. The van der Waals surface area contributed by atoms with E-state index in [1.54, 1.807) is 25.3 Å². The van der Waals surface area contributed by atoms with Gasteiger partial charge < -0.3 is 10.1 Å². The minimum Gasteiger partial charge on any atom is -0.372 e. The molecule has 3 nitrogen and oxygen atoms in total. The van der Waals surface area contributed by atoms with E-state index in [1.807, 2.05) is 25.1 Å². The zero-order valence-electron chi connectivity index (χ0n) is 11.7. The molecule has 0 spiro atoms. The van der Waals surface area contributed by atoms with Crippen LogP contribution in [0.5, 0.6) is 0 Å². The monoisotopic (exact) mass is 343 g/mol. The van der Waals surface area contributed by atoms with Crippen LogP contribution in [-0.4, -0.2) is 19.6 Å². The molecule has 1 aromatic heterocycles. The van der Waals surface area contributed by atoms with Crippen LogP contribution in [0.4, 0.5) is 0 Å². The smallest absolute Gasteiger partial charge is 0.261 e. The van der Waals surface area contributed by atoms with Crippen molar-refractivity contribution in [2.24, 2.45) is 0 Å². The third kappa shape index (κ3) is 3.98. The van der Waals surface area contributed by atoms with Gasteiger partial charge in [0, 0.05) is 12.1 Å². The highest BCUT2D eigenvalue weighted by Gasteiger charge is 2.27. The van der Waals surface area contributed by atoms with Gasteiger partial charge in [-0.1, -0.05) is 35.3 Å². The summed E-state index contributed by atoms with van der Waals surface area (Å²) in [7, 11) is 1.61. The Labute approximate surface area is 137 Å². The van der Waals surface area contributed by atoms with Crippen molar-refractivity contribution in [2.45, 2.75) is 12.5 Å². The van der Waals surface area contributed by atoms with Gasteiger partial charge in [-0.15, -0.1) is 11.3 Å². The maximum atomic E-state index is 12.1. The molecule has 0 saturated carbocycles. The molecule has 2 rings (SSSR count). The van der Waals surface area contributed by atoms with Crippen LogP contribution in [0.15, 0.2) is 36.4 Å². The van der Waals surface area contributed by atoms with Crippen LogP contribution in [0, 0.1) is 0 Å². The molecule has 21 heavy (non-hydrogen) atoms. The van der Waals surface area contributed by atoms with Crippen molar-refractivity contribution in [3.8, 4) is 0 Å². The lowest BCUT2D eigenvalue weighted by Gasteiger charge is -2.29. The summed E-state index contributed by atoms with van der Waals surface area (Å²) < 4.78 is 6.16. The molecule has 0 bridgehead atoms. The summed E-state index contributed by atoms with van der Waals surface area (Å²) >= 11 is 13.1. The zero-order valence-corrected chi connectivity index (χ0v) is 14.0. The number of benzene rings is 1. The predicted octanol–water partition coefficient (Wildman–Crippen LogP) is 4.35. The molecule has 0 aliphatic heterocycles. The van der Waals surface area contributed by atoms with E-state index in [2.05, 4.69) is 5.32 Å². The molecule has 0 aliphatic rings. The molecule has 1 aromatic carbocycles. The van der Waals surface area contributed by atoms with Gasteiger partial charge in [0.2, 0.25) is 0 Å². The van der Waals surface area contributed by atoms with Crippen LogP contribution >= 0.6 is 34.5 Å². The van der Waals surface area contributed by atoms with Gasteiger partial charge >= 0.3 is 0 Å². The minimum atomic E-state index is -0.651. The van der Waals surface area contributed by atoms with Crippen LogP contribution in [0.2, 0.25) is 9.36 Å². The molecule has 1 N–H and O–H groups in total. The van der Waals surface area contributed by atoms with Crippen molar-refractivity contribution in [3.05, 3.63) is 56.2 Å². The average molecular weight is 344 g/mol. The number of thiophene rings is 1. The summed E-state index contributed by atoms with van der Waals surface area (Å²) in [5, 5.41) is 3.50. The first-order valence-corrected chi connectivity index (χ1v) is 7.86. The number of amides is 1. The SMILES string of the molecule is CO[C@@](C)(CNC(=O)c1ccc(Cl)s1)c1cccc(Cl)c1. The summed E-state index contributed by atoms with van der Waals surface area (Å²) in [5.41, 5.74) is 0.253. The molecule has 6 heteroatoms. The summed E-state index contributed by atoms with van der Waals surface area (Å²) in [6, 6.07) is 10.8. The maximum Gasteiger partial charge on any atom is 0.261 e. The third-order valence-corrected chi connectivity index (χ3v) is 4.73. The summed E-state index contributed by atoms with van der Waals surface area (Å²) in [5.74, 6) is -0.169. The lowest BCUT2D eigenvalue weighted by atomic mass is 9.95. The number of hydrogen-bond donors (Lipinski definition) is 1. The highest BCUT2D eigenvalue weighted by molar-refractivity contribution is 7.17. The molecule has 1 heterocycles. The fourth-order valence-electron chi connectivity index (χ4n) is 1.88. The van der Waals surface area contributed by atoms with Gasteiger partial charge in [-0.05, 0) is 36.8 Å². The van der Waals surface area contributed by atoms with Crippen LogP contribution in [0.25, 0.3) is 0 Å². The van der Waals surface area contributed by atoms with E-state index in [-0.39, 0.29) is 5.91 Å². The molecule has 1 amide bonds. The Bertz CT molecular complexity index is 644. The quantitative estimate of drug-likeness (QED) is 0.876. The first-order valence-electron chi connectivity index (χ1n) is 6.29. The molecule has 1 atom stereocenters. The van der Waals surface area contributed by atoms with Crippen molar-refractivity contribution in [1.29, 1.82) is 0 Å². The molecule has 112 valence electrons. The van der Waals surface area contributed by atoms with Crippen molar-refractivity contribution >= 4 is 40.4 Å². The molecule has 0 radical (unpaired) electrons. The fraction of sp³-hybridized carbons (Fsp3) is 0.267. The number of carbonyl (C=O) groups excluding carboxylic acids is 1. The van der Waals surface area contributed by atoms with Gasteiger partial charge in [-0.25, -0.2) is 0 Å². The van der Waals surface area contributed by atoms with Crippen LogP contribution < -0.4 is 5.32 Å². The van der Waals surface area contributed by atoms with Gasteiger partial charge in [0.15, 0.2) is 0 Å². The fourth-order valence-corrected chi connectivity index (χ4v) is 3.03. The second kappa shape index (κ2) is 6.79. The third-order valence-electron chi connectivity index (χ3n) is 3.27. The zero-order chi connectivity index (χ0) is 15.5. The summed E-state index contributed by atoms with van der Waals surface area (Å²) in [6.45, 7) is 2.23. The van der Waals surface area contributed by atoms with E-state index in [0.717, 1.165) is 5.56 Å². The molecule has 0 aliphatic carbocycles. The maximum absolute atomic E-state index is 12.1.